The van der Waals surface area contributed by atoms with Crippen LogP contribution in [-0.2, 0) is 9.53 Å². The minimum Gasteiger partial charge on any atom is -0.444 e. The fraction of sp³-hybridized carbons (Fsp3) is 0.400. The molecule has 0 saturated carbocycles. The van der Waals surface area contributed by atoms with E-state index < -0.39 is 11.5 Å². The maximum absolute atomic E-state index is 12.4. The van der Waals surface area contributed by atoms with E-state index in [1.807, 2.05) is 37.8 Å². The van der Waals surface area contributed by atoms with Crippen molar-refractivity contribution < 1.29 is 14.3 Å². The Labute approximate surface area is 164 Å². The number of para-hydroxylation sites is 1. The van der Waals surface area contributed by atoms with Crippen LogP contribution in [0.2, 0.25) is 0 Å². The second-order valence-corrected chi connectivity index (χ2v) is 7.27. The van der Waals surface area contributed by atoms with Gasteiger partial charge in [0.25, 0.3) is 5.91 Å². The van der Waals surface area contributed by atoms with Gasteiger partial charge in [-0.1, -0.05) is 12.1 Å². The Morgan fingerprint density at radius 3 is 2.36 bits per heavy atom. The zero-order chi connectivity index (χ0) is 20.7. The summed E-state index contributed by atoms with van der Waals surface area (Å²) in [6.45, 7) is 7.26. The quantitative estimate of drug-likeness (QED) is 0.636. The molecule has 146 valence electrons. The third kappa shape index (κ3) is 5.75. The largest absolute Gasteiger partial charge is 0.444 e. The summed E-state index contributed by atoms with van der Waals surface area (Å²) < 4.78 is 5.35. The van der Waals surface area contributed by atoms with Crippen LogP contribution in [0.5, 0.6) is 0 Å². The second-order valence-electron chi connectivity index (χ2n) is 7.27. The van der Waals surface area contributed by atoms with Crippen LogP contribution in [0.4, 0.5) is 10.5 Å². The fourth-order valence-electron chi connectivity index (χ4n) is 2.56. The van der Waals surface area contributed by atoms with Crippen LogP contribution in [0.25, 0.3) is 0 Å². The predicted molar refractivity (Wildman–Crippen MR) is 103 cm³/mol. The molecule has 1 saturated heterocycles. The molecule has 8 heteroatoms. The molecule has 1 aromatic carbocycles. The van der Waals surface area contributed by atoms with Gasteiger partial charge in [0.2, 0.25) is 0 Å². The number of nitrogens with zero attached hydrogens (tertiary/aromatic N) is 4. The van der Waals surface area contributed by atoms with Gasteiger partial charge in [-0.05, 0) is 32.9 Å². The minimum atomic E-state index is -0.584. The zero-order valence-corrected chi connectivity index (χ0v) is 16.2. The number of nitriles is 2. The number of rotatable bonds is 3. The van der Waals surface area contributed by atoms with Crippen molar-refractivity contribution in [2.24, 2.45) is 0 Å². The van der Waals surface area contributed by atoms with Gasteiger partial charge in [0, 0.05) is 32.4 Å². The van der Waals surface area contributed by atoms with E-state index in [4.69, 9.17) is 10.00 Å². The molecule has 0 unspecified atom stereocenters. The van der Waals surface area contributed by atoms with Gasteiger partial charge in [-0.3, -0.25) is 4.79 Å². The van der Waals surface area contributed by atoms with Crippen molar-refractivity contribution in [3.63, 3.8) is 0 Å². The highest BCUT2D eigenvalue weighted by molar-refractivity contribution is 6.07. The lowest BCUT2D eigenvalue weighted by Gasteiger charge is -2.35. The number of carbonyl (C=O) groups is 2. The molecule has 2 amide bonds. The van der Waals surface area contributed by atoms with Crippen LogP contribution in [-0.4, -0.2) is 53.6 Å². The van der Waals surface area contributed by atoms with Gasteiger partial charge in [0.15, 0.2) is 0 Å². The Hall–Kier alpha value is -3.52. The maximum Gasteiger partial charge on any atom is 0.410 e. The normalized spacial score (nSPS) is 14.7. The summed E-state index contributed by atoms with van der Waals surface area (Å²) in [7, 11) is 0. The summed E-state index contributed by atoms with van der Waals surface area (Å²) in [5.74, 6) is -0.584. The Morgan fingerprint density at radius 2 is 1.79 bits per heavy atom. The van der Waals surface area contributed by atoms with Crippen molar-refractivity contribution in [3.8, 4) is 12.1 Å². The summed E-state index contributed by atoms with van der Waals surface area (Å²) >= 11 is 0. The minimum absolute atomic E-state index is 0.0709. The van der Waals surface area contributed by atoms with E-state index in [1.54, 1.807) is 29.2 Å². The van der Waals surface area contributed by atoms with Gasteiger partial charge in [0.1, 0.15) is 23.3 Å². The van der Waals surface area contributed by atoms with Crippen LogP contribution in [0.15, 0.2) is 36.0 Å². The molecule has 1 aliphatic rings. The van der Waals surface area contributed by atoms with E-state index in [-0.39, 0.29) is 11.7 Å². The second kappa shape index (κ2) is 8.92. The molecule has 1 heterocycles. The summed E-state index contributed by atoms with van der Waals surface area (Å²) in [6.07, 6.45) is 1.11. The van der Waals surface area contributed by atoms with E-state index in [1.165, 1.54) is 6.20 Å². The number of piperazine rings is 1. The van der Waals surface area contributed by atoms with Crippen LogP contribution < -0.4 is 5.32 Å². The smallest absolute Gasteiger partial charge is 0.410 e. The first-order chi connectivity index (χ1) is 13.2. The SMILES string of the molecule is CC(C)(C)OC(=O)N1CCN(/C=C(/C#N)C(=O)Nc2ccccc2C#N)CC1. The maximum atomic E-state index is 12.4. The Kier molecular flexibility index (Phi) is 6.62. The number of ether oxygens (including phenoxy) is 1. The van der Waals surface area contributed by atoms with Crippen LogP contribution >= 0.6 is 0 Å². The average Bonchev–Trinajstić information content (AvgIpc) is 2.65. The van der Waals surface area contributed by atoms with E-state index >= 15 is 0 Å². The molecule has 1 aliphatic heterocycles. The molecule has 0 radical (unpaired) electrons. The molecule has 0 aromatic heterocycles. The first kappa shape index (κ1) is 20.8. The number of amides is 2. The van der Waals surface area contributed by atoms with Crippen molar-refractivity contribution in [3.05, 3.63) is 41.6 Å². The highest BCUT2D eigenvalue weighted by atomic mass is 16.6. The van der Waals surface area contributed by atoms with Gasteiger partial charge in [-0.2, -0.15) is 10.5 Å². The molecular formula is C20H23N5O3. The summed E-state index contributed by atoms with van der Waals surface area (Å²) in [5.41, 5.74) is 0.0448. The summed E-state index contributed by atoms with van der Waals surface area (Å²) in [5, 5.41) is 21.0. The molecule has 0 bridgehead atoms. The van der Waals surface area contributed by atoms with E-state index in [0.717, 1.165) is 0 Å². The molecular weight excluding hydrogens is 358 g/mol. The van der Waals surface area contributed by atoms with Crippen molar-refractivity contribution in [1.29, 1.82) is 10.5 Å². The third-order valence-corrected chi connectivity index (χ3v) is 3.94. The highest BCUT2D eigenvalue weighted by Gasteiger charge is 2.25. The molecule has 8 nitrogen and oxygen atoms in total. The number of hydrogen-bond acceptors (Lipinski definition) is 6. The van der Waals surface area contributed by atoms with Crippen molar-refractivity contribution in [2.75, 3.05) is 31.5 Å². The van der Waals surface area contributed by atoms with E-state index in [0.29, 0.717) is 37.4 Å². The lowest BCUT2D eigenvalue weighted by atomic mass is 10.2. The number of carbonyl (C=O) groups excluding carboxylic acids is 2. The molecule has 0 aliphatic carbocycles. The summed E-state index contributed by atoms with van der Waals surface area (Å²) in [4.78, 5) is 27.9. The molecule has 0 spiro atoms. The van der Waals surface area contributed by atoms with Gasteiger partial charge in [0.05, 0.1) is 11.3 Å². The number of benzene rings is 1. The summed E-state index contributed by atoms with van der Waals surface area (Å²) in [6, 6.07) is 10.5. The van der Waals surface area contributed by atoms with E-state index in [9.17, 15) is 14.9 Å². The monoisotopic (exact) mass is 381 g/mol. The van der Waals surface area contributed by atoms with Crippen LogP contribution in [0.3, 0.4) is 0 Å². The van der Waals surface area contributed by atoms with Crippen molar-refractivity contribution in [1.82, 2.24) is 9.80 Å². The van der Waals surface area contributed by atoms with Gasteiger partial charge < -0.3 is 19.9 Å². The molecule has 0 atom stereocenters. The van der Waals surface area contributed by atoms with E-state index in [2.05, 4.69) is 5.32 Å². The highest BCUT2D eigenvalue weighted by Crippen LogP contribution is 2.16. The molecule has 1 fully saturated rings. The lowest BCUT2D eigenvalue weighted by Crippen LogP contribution is -2.48. The van der Waals surface area contributed by atoms with Crippen LogP contribution in [0, 0.1) is 22.7 Å². The number of anilines is 1. The standard InChI is InChI=1S/C20H23N5O3/c1-20(2,3)28-19(27)25-10-8-24(9-11-25)14-16(13-22)18(26)23-17-7-5-4-6-15(17)12-21/h4-7,14H,8-11H2,1-3H3,(H,23,26)/b16-14-. The molecule has 1 aromatic rings. The van der Waals surface area contributed by atoms with Crippen molar-refractivity contribution >= 4 is 17.7 Å². The average molecular weight is 381 g/mol. The Bertz CT molecular complexity index is 850. The third-order valence-electron chi connectivity index (χ3n) is 3.94. The predicted octanol–water partition coefficient (Wildman–Crippen LogP) is 2.46. The molecule has 1 N–H and O–H groups in total. The lowest BCUT2D eigenvalue weighted by molar-refractivity contribution is -0.112. The first-order valence-corrected chi connectivity index (χ1v) is 8.88. The number of nitrogens with one attached hydrogen (secondary N) is 1. The molecule has 28 heavy (non-hydrogen) atoms. The topological polar surface area (TPSA) is 109 Å². The Morgan fingerprint density at radius 1 is 1.14 bits per heavy atom. The Balaban J connectivity index is 1.98. The van der Waals surface area contributed by atoms with Gasteiger partial charge in [-0.15, -0.1) is 0 Å². The zero-order valence-electron chi connectivity index (χ0n) is 16.2. The fourth-order valence-corrected chi connectivity index (χ4v) is 2.56. The van der Waals surface area contributed by atoms with Crippen LogP contribution in [0.1, 0.15) is 26.3 Å². The van der Waals surface area contributed by atoms with Gasteiger partial charge >= 0.3 is 6.09 Å². The number of hydrogen-bond donors (Lipinski definition) is 1. The van der Waals surface area contributed by atoms with Crippen molar-refractivity contribution in [2.45, 2.75) is 26.4 Å². The first-order valence-electron chi connectivity index (χ1n) is 8.88. The van der Waals surface area contributed by atoms with Gasteiger partial charge in [-0.25, -0.2) is 4.79 Å². The molecule has 2 rings (SSSR count).